The zero-order valence-corrected chi connectivity index (χ0v) is 11.6. The lowest BCUT2D eigenvalue weighted by Gasteiger charge is -2.28. The molecule has 19 heavy (non-hydrogen) atoms. The molecule has 0 aliphatic heterocycles. The first kappa shape index (κ1) is 13.9. The van der Waals surface area contributed by atoms with E-state index in [0.717, 1.165) is 18.8 Å². The maximum absolute atomic E-state index is 12.0. The third-order valence-corrected chi connectivity index (χ3v) is 4.13. The fourth-order valence-electron chi connectivity index (χ4n) is 2.83. The number of benzene rings is 1. The maximum Gasteiger partial charge on any atom is 0.224 e. The van der Waals surface area contributed by atoms with Crippen molar-refractivity contribution in [3.63, 3.8) is 0 Å². The van der Waals surface area contributed by atoms with Gasteiger partial charge in [-0.2, -0.15) is 0 Å². The fourth-order valence-corrected chi connectivity index (χ4v) is 2.83. The number of amides is 1. The van der Waals surface area contributed by atoms with Gasteiger partial charge < -0.3 is 10.4 Å². The van der Waals surface area contributed by atoms with Crippen LogP contribution < -0.4 is 5.32 Å². The fraction of sp³-hybridized carbons (Fsp3) is 0.562. The SMILES string of the molecule is CCC1CCC(NC(=O)Cc2ccccc2O)CC1. The highest BCUT2D eigenvalue weighted by atomic mass is 16.3. The topological polar surface area (TPSA) is 49.3 Å². The standard InChI is InChI=1S/C16H23NO2/c1-2-12-7-9-14(10-8-12)17-16(19)11-13-5-3-4-6-15(13)18/h3-6,12,14,18H,2,7-11H2,1H3,(H,17,19). The number of hydrogen-bond donors (Lipinski definition) is 2. The van der Waals surface area contributed by atoms with Gasteiger partial charge in [-0.1, -0.05) is 31.5 Å². The second kappa shape index (κ2) is 6.60. The van der Waals surface area contributed by atoms with Gasteiger partial charge in [0.15, 0.2) is 0 Å². The molecule has 3 heteroatoms. The molecule has 0 saturated heterocycles. The van der Waals surface area contributed by atoms with E-state index in [-0.39, 0.29) is 18.1 Å². The lowest BCUT2D eigenvalue weighted by atomic mass is 9.84. The number of phenols is 1. The van der Waals surface area contributed by atoms with Crippen LogP contribution in [0.1, 0.15) is 44.6 Å². The van der Waals surface area contributed by atoms with E-state index in [2.05, 4.69) is 12.2 Å². The minimum absolute atomic E-state index is 0.0152. The summed E-state index contributed by atoms with van der Waals surface area (Å²) in [5, 5.41) is 12.7. The van der Waals surface area contributed by atoms with Crippen LogP contribution in [0.3, 0.4) is 0 Å². The van der Waals surface area contributed by atoms with Gasteiger partial charge >= 0.3 is 0 Å². The quantitative estimate of drug-likeness (QED) is 0.875. The summed E-state index contributed by atoms with van der Waals surface area (Å²) in [4.78, 5) is 12.0. The molecule has 1 fully saturated rings. The predicted molar refractivity (Wildman–Crippen MR) is 76.0 cm³/mol. The van der Waals surface area contributed by atoms with Crippen LogP contribution in [0.15, 0.2) is 24.3 Å². The Hall–Kier alpha value is -1.51. The van der Waals surface area contributed by atoms with E-state index < -0.39 is 0 Å². The highest BCUT2D eigenvalue weighted by Gasteiger charge is 2.21. The Labute approximate surface area is 115 Å². The molecule has 0 aromatic heterocycles. The van der Waals surface area contributed by atoms with Crippen molar-refractivity contribution >= 4 is 5.91 Å². The van der Waals surface area contributed by atoms with Gasteiger partial charge in [0.1, 0.15) is 5.75 Å². The Morgan fingerprint density at radius 3 is 2.58 bits per heavy atom. The minimum Gasteiger partial charge on any atom is -0.508 e. The summed E-state index contributed by atoms with van der Waals surface area (Å²) in [6.07, 6.45) is 6.13. The van der Waals surface area contributed by atoms with Crippen LogP contribution in [0.5, 0.6) is 5.75 Å². The molecule has 1 aromatic carbocycles. The van der Waals surface area contributed by atoms with Crippen LogP contribution in [-0.4, -0.2) is 17.1 Å². The summed E-state index contributed by atoms with van der Waals surface area (Å²) in [7, 11) is 0. The summed E-state index contributed by atoms with van der Waals surface area (Å²) >= 11 is 0. The van der Waals surface area contributed by atoms with Gasteiger partial charge in [-0.25, -0.2) is 0 Å². The van der Waals surface area contributed by atoms with Gasteiger partial charge in [0.2, 0.25) is 5.91 Å². The van der Waals surface area contributed by atoms with Crippen molar-refractivity contribution in [3.8, 4) is 5.75 Å². The van der Waals surface area contributed by atoms with Crippen molar-refractivity contribution < 1.29 is 9.90 Å². The van der Waals surface area contributed by atoms with Gasteiger partial charge in [0.25, 0.3) is 0 Å². The highest BCUT2D eigenvalue weighted by molar-refractivity contribution is 5.79. The van der Waals surface area contributed by atoms with E-state index in [1.165, 1.54) is 19.3 Å². The number of hydrogen-bond acceptors (Lipinski definition) is 2. The van der Waals surface area contributed by atoms with E-state index in [0.29, 0.717) is 11.6 Å². The molecule has 104 valence electrons. The average molecular weight is 261 g/mol. The molecule has 0 spiro atoms. The summed E-state index contributed by atoms with van der Waals surface area (Å²) in [6, 6.07) is 7.34. The Balaban J connectivity index is 1.81. The first-order valence-electron chi connectivity index (χ1n) is 7.25. The molecule has 1 aliphatic carbocycles. The number of carbonyl (C=O) groups excluding carboxylic acids is 1. The molecule has 2 rings (SSSR count). The zero-order valence-electron chi connectivity index (χ0n) is 11.6. The largest absolute Gasteiger partial charge is 0.508 e. The number of phenolic OH excluding ortho intramolecular Hbond substituents is 1. The molecule has 1 aliphatic rings. The van der Waals surface area contributed by atoms with E-state index in [4.69, 9.17) is 0 Å². The molecule has 0 atom stereocenters. The van der Waals surface area contributed by atoms with Gasteiger partial charge in [-0.05, 0) is 37.7 Å². The number of rotatable bonds is 4. The molecule has 0 bridgehead atoms. The first-order chi connectivity index (χ1) is 9.19. The van der Waals surface area contributed by atoms with Crippen molar-refractivity contribution in [3.05, 3.63) is 29.8 Å². The van der Waals surface area contributed by atoms with Crippen molar-refractivity contribution in [1.82, 2.24) is 5.32 Å². The second-order valence-corrected chi connectivity index (χ2v) is 5.50. The first-order valence-corrected chi connectivity index (χ1v) is 7.25. The summed E-state index contributed by atoms with van der Waals surface area (Å²) < 4.78 is 0. The second-order valence-electron chi connectivity index (χ2n) is 5.50. The van der Waals surface area contributed by atoms with Crippen LogP contribution in [0, 0.1) is 5.92 Å². The third kappa shape index (κ3) is 3.98. The smallest absolute Gasteiger partial charge is 0.224 e. The molecule has 0 radical (unpaired) electrons. The Kier molecular flexibility index (Phi) is 4.83. The summed E-state index contributed by atoms with van der Waals surface area (Å²) in [5.41, 5.74) is 0.697. The minimum atomic E-state index is 0.0152. The summed E-state index contributed by atoms with van der Waals surface area (Å²) in [6.45, 7) is 2.24. The molecule has 2 N–H and O–H groups in total. The highest BCUT2D eigenvalue weighted by Crippen LogP contribution is 2.26. The van der Waals surface area contributed by atoms with E-state index in [1.54, 1.807) is 18.2 Å². The predicted octanol–water partition coefficient (Wildman–Crippen LogP) is 3.02. The Morgan fingerprint density at radius 1 is 1.26 bits per heavy atom. The summed E-state index contributed by atoms with van der Waals surface area (Å²) in [5.74, 6) is 1.06. The Bertz CT molecular complexity index is 423. The molecule has 0 unspecified atom stereocenters. The van der Waals surface area contributed by atoms with Crippen LogP contribution in [0.4, 0.5) is 0 Å². The number of aromatic hydroxyl groups is 1. The molecule has 1 saturated carbocycles. The van der Waals surface area contributed by atoms with Crippen LogP contribution in [-0.2, 0) is 11.2 Å². The Morgan fingerprint density at radius 2 is 1.95 bits per heavy atom. The van der Waals surface area contributed by atoms with Crippen LogP contribution in [0.25, 0.3) is 0 Å². The zero-order chi connectivity index (χ0) is 13.7. The molecule has 0 heterocycles. The average Bonchev–Trinajstić information content (AvgIpc) is 2.42. The molecule has 1 aromatic rings. The van der Waals surface area contributed by atoms with Gasteiger partial charge in [-0.3, -0.25) is 4.79 Å². The van der Waals surface area contributed by atoms with Crippen molar-refractivity contribution in [2.24, 2.45) is 5.92 Å². The maximum atomic E-state index is 12.0. The molecule has 3 nitrogen and oxygen atoms in total. The van der Waals surface area contributed by atoms with Gasteiger partial charge in [0.05, 0.1) is 6.42 Å². The van der Waals surface area contributed by atoms with Crippen molar-refractivity contribution in [2.45, 2.75) is 51.5 Å². The van der Waals surface area contributed by atoms with E-state index >= 15 is 0 Å². The lowest BCUT2D eigenvalue weighted by Crippen LogP contribution is -2.38. The van der Waals surface area contributed by atoms with E-state index in [9.17, 15) is 9.90 Å². The third-order valence-electron chi connectivity index (χ3n) is 4.13. The lowest BCUT2D eigenvalue weighted by molar-refractivity contribution is -0.121. The van der Waals surface area contributed by atoms with Crippen LogP contribution in [0.2, 0.25) is 0 Å². The molecular formula is C16H23NO2. The van der Waals surface area contributed by atoms with Gasteiger partial charge in [-0.15, -0.1) is 0 Å². The number of carbonyl (C=O) groups is 1. The van der Waals surface area contributed by atoms with Crippen molar-refractivity contribution in [1.29, 1.82) is 0 Å². The molecule has 1 amide bonds. The van der Waals surface area contributed by atoms with Crippen molar-refractivity contribution in [2.75, 3.05) is 0 Å². The normalized spacial score (nSPS) is 23.0. The monoisotopic (exact) mass is 261 g/mol. The van der Waals surface area contributed by atoms with Crippen LogP contribution >= 0.6 is 0 Å². The van der Waals surface area contributed by atoms with Gasteiger partial charge in [0, 0.05) is 11.6 Å². The molecular weight excluding hydrogens is 238 g/mol. The van der Waals surface area contributed by atoms with E-state index in [1.807, 2.05) is 6.07 Å². The number of nitrogens with one attached hydrogen (secondary N) is 1. The number of para-hydroxylation sites is 1.